The zero-order valence-corrected chi connectivity index (χ0v) is 42.2. The zero-order chi connectivity index (χ0) is 43.7. The van der Waals surface area contributed by atoms with E-state index >= 15 is 0 Å². The molecule has 0 spiro atoms. The summed E-state index contributed by atoms with van der Waals surface area (Å²) in [7, 11) is -1.66. The van der Waals surface area contributed by atoms with Crippen molar-refractivity contribution in [2.75, 3.05) is 12.6 Å². The van der Waals surface area contributed by atoms with Gasteiger partial charge in [0, 0.05) is 12.2 Å². The van der Waals surface area contributed by atoms with Crippen LogP contribution in [0.2, 0.25) is 25.3 Å². The van der Waals surface area contributed by atoms with Gasteiger partial charge in [-0.1, -0.05) is 254 Å². The van der Waals surface area contributed by atoms with Crippen LogP contribution in [0.15, 0.2) is 18.2 Å². The molecule has 0 saturated carbocycles. The summed E-state index contributed by atoms with van der Waals surface area (Å²) in [5, 5.41) is 0.278. The Hall–Kier alpha value is -0.495. The Morgan fingerprint density at radius 3 is 1.19 bits per heavy atom. The van der Waals surface area contributed by atoms with E-state index in [1.54, 1.807) is 25.3 Å². The molecule has 0 aliphatic heterocycles. The van der Waals surface area contributed by atoms with Gasteiger partial charge in [-0.15, -0.1) is 0 Å². The molecule has 350 valence electrons. The molecule has 0 nitrogen and oxygen atoms in total. The topological polar surface area (TPSA) is 0 Å². The van der Waals surface area contributed by atoms with Gasteiger partial charge in [-0.25, -0.2) is 13.2 Å². The van der Waals surface area contributed by atoms with E-state index in [-0.39, 0.29) is 11.5 Å². The van der Waals surface area contributed by atoms with Gasteiger partial charge in [0.2, 0.25) is 0 Å². The first-order valence-electron chi connectivity index (χ1n) is 26.8. The number of hydrogen-bond donors (Lipinski definition) is 0. The van der Waals surface area contributed by atoms with Gasteiger partial charge in [0.05, 0.1) is 14.1 Å². The summed E-state index contributed by atoms with van der Waals surface area (Å²) >= 11 is 0. The largest absolute Gasteiger partial charge is 0.207 e. The van der Waals surface area contributed by atoms with Crippen molar-refractivity contribution in [3.8, 4) is 0 Å². The fraction of sp³-hybridized carbons (Fsp3) is 0.889. The third-order valence-electron chi connectivity index (χ3n) is 14.1. The van der Waals surface area contributed by atoms with E-state index in [1.165, 1.54) is 205 Å². The van der Waals surface area contributed by atoms with Crippen LogP contribution in [0.3, 0.4) is 0 Å². The van der Waals surface area contributed by atoms with Crippen LogP contribution in [-0.4, -0.2) is 18.7 Å². The van der Waals surface area contributed by atoms with Gasteiger partial charge < -0.3 is 0 Å². The average Bonchev–Trinajstić information content (AvgIpc) is 3.24. The molecule has 0 fully saturated rings. The van der Waals surface area contributed by atoms with Crippen LogP contribution in [0, 0.1) is 23.5 Å². The smallest absolute Gasteiger partial charge is 0.198 e. The Morgan fingerprint density at radius 1 is 0.475 bits per heavy atom. The molecule has 0 aliphatic carbocycles. The molecular formula is C54H105BF3P. The second-order valence-corrected chi connectivity index (χ2v) is 22.1. The fourth-order valence-corrected chi connectivity index (χ4v) is 12.3. The molecular weight excluding hydrogens is 747 g/mol. The Balaban J connectivity index is 0.00000129. The summed E-state index contributed by atoms with van der Waals surface area (Å²) in [5.74, 6) is 0.157. The molecule has 0 aliphatic rings. The lowest BCUT2D eigenvalue weighted by Gasteiger charge is -2.41. The van der Waals surface area contributed by atoms with Crippen molar-refractivity contribution in [1.29, 1.82) is 0 Å². The van der Waals surface area contributed by atoms with Crippen LogP contribution >= 0.6 is 7.92 Å². The lowest BCUT2D eigenvalue weighted by atomic mass is 9.17. The van der Waals surface area contributed by atoms with Crippen molar-refractivity contribution >= 4 is 19.4 Å². The molecule has 0 N–H and O–H groups in total. The minimum atomic E-state index is -1.66. The number of rotatable bonds is 42. The number of halogens is 3. The van der Waals surface area contributed by atoms with Gasteiger partial charge in [-0.3, -0.25) is 0 Å². The summed E-state index contributed by atoms with van der Waals surface area (Å²) in [6, 6.07) is 3.39. The summed E-state index contributed by atoms with van der Waals surface area (Å²) in [5.41, 5.74) is 0. The van der Waals surface area contributed by atoms with E-state index in [4.69, 9.17) is 0 Å². The van der Waals surface area contributed by atoms with Gasteiger partial charge >= 0.3 is 0 Å². The Labute approximate surface area is 371 Å². The van der Waals surface area contributed by atoms with Crippen LogP contribution in [0.25, 0.3) is 0 Å². The highest BCUT2D eigenvalue weighted by Gasteiger charge is 2.27. The Morgan fingerprint density at radius 2 is 0.847 bits per heavy atom. The molecule has 1 aromatic rings. The van der Waals surface area contributed by atoms with Crippen LogP contribution in [0.1, 0.15) is 260 Å². The molecule has 3 unspecified atom stereocenters. The van der Waals surface area contributed by atoms with Crippen molar-refractivity contribution in [3.05, 3.63) is 29.8 Å². The van der Waals surface area contributed by atoms with Crippen molar-refractivity contribution in [3.63, 3.8) is 0 Å². The molecule has 3 atom stereocenters. The van der Waals surface area contributed by atoms with Gasteiger partial charge in [-0.2, -0.15) is 25.3 Å². The summed E-state index contributed by atoms with van der Waals surface area (Å²) in [6.45, 7) is 15.9. The maximum atomic E-state index is 13.8. The molecule has 1 rings (SSSR count). The van der Waals surface area contributed by atoms with Crippen LogP contribution in [0.4, 0.5) is 13.2 Å². The molecule has 1 aromatic carbocycles. The summed E-state index contributed by atoms with van der Waals surface area (Å²) < 4.78 is 40.5. The van der Waals surface area contributed by atoms with Crippen LogP contribution in [-0.2, 0) is 0 Å². The molecule has 0 saturated heterocycles. The third-order valence-corrected chi connectivity index (χ3v) is 16.7. The molecule has 0 heterocycles. The van der Waals surface area contributed by atoms with E-state index in [0.29, 0.717) is 12.1 Å². The molecule has 5 heteroatoms. The third kappa shape index (κ3) is 33.7. The van der Waals surface area contributed by atoms with Crippen LogP contribution < -0.4 is 5.30 Å². The van der Waals surface area contributed by atoms with Crippen molar-refractivity contribution < 1.29 is 13.2 Å². The highest BCUT2D eigenvalue weighted by Crippen LogP contribution is 2.40. The lowest BCUT2D eigenvalue weighted by Crippen LogP contribution is -2.34. The fourth-order valence-electron chi connectivity index (χ4n) is 10.0. The van der Waals surface area contributed by atoms with E-state index < -0.39 is 26.0 Å². The Bertz CT molecular complexity index is 926. The number of hydrogen-bond acceptors (Lipinski definition) is 0. The molecule has 59 heavy (non-hydrogen) atoms. The quantitative estimate of drug-likeness (QED) is 0.0349. The van der Waals surface area contributed by atoms with E-state index in [2.05, 4.69) is 48.5 Å². The van der Waals surface area contributed by atoms with Crippen molar-refractivity contribution in [1.82, 2.24) is 0 Å². The van der Waals surface area contributed by atoms with Gasteiger partial charge in [-0.05, 0) is 30.4 Å². The molecule has 0 amide bonds. The Kier molecular flexibility index (Phi) is 42.4. The summed E-state index contributed by atoms with van der Waals surface area (Å²) in [6.07, 6.45) is 53.6. The second-order valence-electron chi connectivity index (χ2n) is 19.7. The SMILES string of the molecule is CCCC(CC)CCC(C)C[PH+](CF)c1cc(F)ccc1F.CCCCCCCCC[B-](CCCCCCCCC)(CCCCCCCCC)CCCCCCCCC. The normalized spacial score (nSPS) is 13.3. The highest BCUT2D eigenvalue weighted by atomic mass is 31.1. The minimum Gasteiger partial charge on any atom is -0.207 e. The van der Waals surface area contributed by atoms with Crippen molar-refractivity contribution in [2.45, 2.75) is 286 Å². The molecule has 0 bridgehead atoms. The van der Waals surface area contributed by atoms with E-state index in [1.807, 2.05) is 0 Å². The average molecular weight is 853 g/mol. The first-order chi connectivity index (χ1) is 28.8. The van der Waals surface area contributed by atoms with Gasteiger partial charge in [0.15, 0.2) is 12.2 Å². The lowest BCUT2D eigenvalue weighted by molar-refractivity contribution is 0.389. The highest BCUT2D eigenvalue weighted by molar-refractivity contribution is 7.65. The molecule has 0 radical (unpaired) electrons. The standard InChI is InChI=1S/C36H76B.C18H28F3P/c1-5-9-13-17-21-25-29-33-37(34-30-26-22-18-14-10-6-2,35-31-27-23-19-15-11-7-3)36-32-28-24-20-16-12-8-4;1-4-6-15(5-2)8-7-14(3)12-22(13-19)18-11-16(20)9-10-17(18)21/h5-36H2,1-4H3;9-11,14-15H,4-8,12-13H2,1-3H3/q-1;/p+1. The van der Waals surface area contributed by atoms with Gasteiger partial charge in [0.1, 0.15) is 11.1 Å². The minimum absolute atomic E-state index is 0.120. The van der Waals surface area contributed by atoms with E-state index in [9.17, 15) is 13.2 Å². The zero-order valence-electron chi connectivity index (χ0n) is 41.2. The van der Waals surface area contributed by atoms with E-state index in [0.717, 1.165) is 30.9 Å². The van der Waals surface area contributed by atoms with Crippen LogP contribution in [0.5, 0.6) is 0 Å². The first-order valence-corrected chi connectivity index (χ1v) is 28.7. The molecule has 0 aromatic heterocycles. The monoisotopic (exact) mass is 853 g/mol. The first kappa shape index (κ1) is 58.5. The maximum Gasteiger partial charge on any atom is 0.198 e. The van der Waals surface area contributed by atoms with Gasteiger partial charge in [0.25, 0.3) is 0 Å². The summed E-state index contributed by atoms with van der Waals surface area (Å²) in [4.78, 5) is 0. The number of benzene rings is 1. The predicted molar refractivity (Wildman–Crippen MR) is 269 cm³/mol. The predicted octanol–water partition coefficient (Wildman–Crippen LogP) is 20.4. The second kappa shape index (κ2) is 42.8. The number of alkyl halides is 1. The number of unbranched alkanes of at least 4 members (excludes halogenated alkanes) is 24. The van der Waals surface area contributed by atoms with Crippen molar-refractivity contribution in [2.24, 2.45) is 11.8 Å². The maximum absolute atomic E-state index is 13.8.